The van der Waals surface area contributed by atoms with Gasteiger partial charge in [-0.15, -0.1) is 0 Å². The molecule has 1 aliphatic carbocycles. The highest BCUT2D eigenvalue weighted by atomic mass is 16.6. The fraction of sp³-hybridized carbons (Fsp3) is 0.500. The van der Waals surface area contributed by atoms with E-state index < -0.39 is 0 Å². The average Bonchev–Trinajstić information content (AvgIpc) is 2.67. The second-order valence-corrected chi connectivity index (χ2v) is 4.47. The minimum absolute atomic E-state index is 0.0886. The predicted molar refractivity (Wildman–Crippen MR) is 64.1 cm³/mol. The van der Waals surface area contributed by atoms with Crippen molar-refractivity contribution in [2.75, 3.05) is 0 Å². The lowest BCUT2D eigenvalue weighted by Crippen LogP contribution is -2.19. The van der Waals surface area contributed by atoms with E-state index in [2.05, 4.69) is 0 Å². The fourth-order valence-corrected chi connectivity index (χ4v) is 2.19. The van der Waals surface area contributed by atoms with Crippen LogP contribution in [0.2, 0.25) is 0 Å². The summed E-state index contributed by atoms with van der Waals surface area (Å²) in [6, 6.07) is 5.10. The van der Waals surface area contributed by atoms with Crippen LogP contribution in [-0.2, 0) is 0 Å². The topological polar surface area (TPSA) is 78.4 Å². The van der Waals surface area contributed by atoms with Crippen LogP contribution in [0.15, 0.2) is 18.2 Å². The SMILES string of the molecule is Cc1c(OC2CCC(N)C2)cccc1[N+](=O)[O-]. The third kappa shape index (κ3) is 2.55. The van der Waals surface area contributed by atoms with Gasteiger partial charge in [-0.05, 0) is 32.3 Å². The zero-order valence-electron chi connectivity index (χ0n) is 9.76. The van der Waals surface area contributed by atoms with Gasteiger partial charge in [0.1, 0.15) is 11.9 Å². The lowest BCUT2D eigenvalue weighted by molar-refractivity contribution is -0.385. The molecule has 0 bridgehead atoms. The van der Waals surface area contributed by atoms with Crippen molar-refractivity contribution in [3.05, 3.63) is 33.9 Å². The zero-order valence-corrected chi connectivity index (χ0v) is 9.76. The van der Waals surface area contributed by atoms with Gasteiger partial charge >= 0.3 is 0 Å². The number of benzene rings is 1. The summed E-state index contributed by atoms with van der Waals surface area (Å²) < 4.78 is 5.78. The van der Waals surface area contributed by atoms with Crippen LogP contribution < -0.4 is 10.5 Å². The number of hydrogen-bond acceptors (Lipinski definition) is 4. The van der Waals surface area contributed by atoms with Gasteiger partial charge in [-0.25, -0.2) is 0 Å². The highest BCUT2D eigenvalue weighted by Crippen LogP contribution is 2.30. The molecular formula is C12H16N2O3. The number of ether oxygens (including phenoxy) is 1. The van der Waals surface area contributed by atoms with Crippen LogP contribution in [0.1, 0.15) is 24.8 Å². The van der Waals surface area contributed by atoms with Crippen LogP contribution in [-0.4, -0.2) is 17.1 Å². The Balaban J connectivity index is 2.16. The molecule has 2 rings (SSSR count). The molecule has 1 aromatic carbocycles. The largest absolute Gasteiger partial charge is 0.490 e. The molecule has 2 unspecified atom stereocenters. The molecule has 17 heavy (non-hydrogen) atoms. The number of nitro benzene ring substituents is 1. The Morgan fingerprint density at radius 2 is 2.24 bits per heavy atom. The van der Waals surface area contributed by atoms with Crippen molar-refractivity contribution >= 4 is 5.69 Å². The Morgan fingerprint density at radius 1 is 1.47 bits per heavy atom. The Bertz CT molecular complexity index is 434. The highest BCUT2D eigenvalue weighted by molar-refractivity contribution is 5.48. The highest BCUT2D eigenvalue weighted by Gasteiger charge is 2.24. The van der Waals surface area contributed by atoms with Crippen molar-refractivity contribution < 1.29 is 9.66 Å². The van der Waals surface area contributed by atoms with E-state index in [0.717, 1.165) is 19.3 Å². The van der Waals surface area contributed by atoms with Crippen molar-refractivity contribution in [3.8, 4) is 5.75 Å². The van der Waals surface area contributed by atoms with Gasteiger partial charge in [-0.3, -0.25) is 10.1 Å². The lowest BCUT2D eigenvalue weighted by Gasteiger charge is -2.15. The molecule has 0 amide bonds. The molecule has 0 spiro atoms. The summed E-state index contributed by atoms with van der Waals surface area (Å²) in [5.41, 5.74) is 6.49. The van der Waals surface area contributed by atoms with E-state index in [-0.39, 0.29) is 22.8 Å². The van der Waals surface area contributed by atoms with Gasteiger partial charge in [0.25, 0.3) is 5.69 Å². The molecule has 1 fully saturated rings. The molecular weight excluding hydrogens is 220 g/mol. The van der Waals surface area contributed by atoms with E-state index in [4.69, 9.17) is 10.5 Å². The molecule has 0 aromatic heterocycles. The first-order valence-electron chi connectivity index (χ1n) is 5.74. The molecule has 5 heteroatoms. The van der Waals surface area contributed by atoms with Gasteiger partial charge in [-0.1, -0.05) is 6.07 Å². The maximum absolute atomic E-state index is 10.8. The Kier molecular flexibility index (Phi) is 3.28. The Hall–Kier alpha value is -1.62. The van der Waals surface area contributed by atoms with Crippen LogP contribution in [0.4, 0.5) is 5.69 Å². The molecule has 0 heterocycles. The number of hydrogen-bond donors (Lipinski definition) is 1. The van der Waals surface area contributed by atoms with Crippen molar-refractivity contribution in [1.82, 2.24) is 0 Å². The molecule has 0 saturated heterocycles. The molecule has 2 atom stereocenters. The summed E-state index contributed by atoms with van der Waals surface area (Å²) in [7, 11) is 0. The lowest BCUT2D eigenvalue weighted by atomic mass is 10.2. The minimum atomic E-state index is -0.386. The third-order valence-corrected chi connectivity index (χ3v) is 3.17. The average molecular weight is 236 g/mol. The number of rotatable bonds is 3. The van der Waals surface area contributed by atoms with Crippen molar-refractivity contribution in [3.63, 3.8) is 0 Å². The van der Waals surface area contributed by atoms with E-state index in [1.807, 2.05) is 0 Å². The maximum atomic E-state index is 10.8. The third-order valence-electron chi connectivity index (χ3n) is 3.17. The van der Waals surface area contributed by atoms with Crippen LogP contribution >= 0.6 is 0 Å². The normalized spacial score (nSPS) is 23.6. The first-order valence-corrected chi connectivity index (χ1v) is 5.74. The van der Waals surface area contributed by atoms with Gasteiger partial charge in [0.15, 0.2) is 0 Å². The minimum Gasteiger partial charge on any atom is -0.490 e. The quantitative estimate of drug-likeness (QED) is 0.644. The van der Waals surface area contributed by atoms with Crippen LogP contribution in [0, 0.1) is 17.0 Å². The van der Waals surface area contributed by atoms with Crippen molar-refractivity contribution in [2.45, 2.75) is 38.3 Å². The van der Waals surface area contributed by atoms with E-state index in [9.17, 15) is 10.1 Å². The smallest absolute Gasteiger partial charge is 0.276 e. The standard InChI is InChI=1S/C12H16N2O3/c1-8-11(14(15)16)3-2-4-12(8)17-10-6-5-9(13)7-10/h2-4,9-10H,5-7,13H2,1H3. The number of nitrogens with zero attached hydrogens (tertiary/aromatic N) is 1. The molecule has 92 valence electrons. The Morgan fingerprint density at radius 3 is 2.82 bits per heavy atom. The summed E-state index contributed by atoms with van der Waals surface area (Å²) in [5, 5.41) is 10.8. The van der Waals surface area contributed by atoms with Gasteiger partial charge in [0, 0.05) is 12.1 Å². The molecule has 0 aliphatic heterocycles. The van der Waals surface area contributed by atoms with Crippen molar-refractivity contribution in [2.24, 2.45) is 5.73 Å². The summed E-state index contributed by atoms with van der Waals surface area (Å²) >= 11 is 0. The summed E-state index contributed by atoms with van der Waals surface area (Å²) in [6.07, 6.45) is 2.79. The van der Waals surface area contributed by atoms with E-state index in [1.54, 1.807) is 19.1 Å². The predicted octanol–water partition coefficient (Wildman–Crippen LogP) is 2.16. The molecule has 2 N–H and O–H groups in total. The van der Waals surface area contributed by atoms with E-state index in [0.29, 0.717) is 11.3 Å². The number of nitrogens with two attached hydrogens (primary N) is 1. The van der Waals surface area contributed by atoms with Gasteiger partial charge in [-0.2, -0.15) is 0 Å². The van der Waals surface area contributed by atoms with Crippen LogP contribution in [0.25, 0.3) is 0 Å². The van der Waals surface area contributed by atoms with Crippen molar-refractivity contribution in [1.29, 1.82) is 0 Å². The molecule has 1 saturated carbocycles. The molecule has 5 nitrogen and oxygen atoms in total. The Labute approximate surface area is 99.7 Å². The first-order chi connectivity index (χ1) is 8.08. The second kappa shape index (κ2) is 4.71. The monoisotopic (exact) mass is 236 g/mol. The summed E-state index contributed by atoms with van der Waals surface area (Å²) in [5.74, 6) is 0.596. The van der Waals surface area contributed by atoms with Crippen LogP contribution in [0.3, 0.4) is 0 Å². The number of nitro groups is 1. The fourth-order valence-electron chi connectivity index (χ4n) is 2.19. The van der Waals surface area contributed by atoms with E-state index >= 15 is 0 Å². The molecule has 0 radical (unpaired) electrons. The summed E-state index contributed by atoms with van der Waals surface area (Å²) in [4.78, 5) is 10.4. The zero-order chi connectivity index (χ0) is 12.4. The first kappa shape index (κ1) is 11.9. The van der Waals surface area contributed by atoms with E-state index in [1.165, 1.54) is 6.07 Å². The van der Waals surface area contributed by atoms with Crippen LogP contribution in [0.5, 0.6) is 5.75 Å². The second-order valence-electron chi connectivity index (χ2n) is 4.47. The van der Waals surface area contributed by atoms with Gasteiger partial charge in [0.05, 0.1) is 10.5 Å². The van der Waals surface area contributed by atoms with Gasteiger partial charge in [0.2, 0.25) is 0 Å². The maximum Gasteiger partial charge on any atom is 0.276 e. The summed E-state index contributed by atoms with van der Waals surface area (Å²) in [6.45, 7) is 1.71. The molecule has 1 aromatic rings. The van der Waals surface area contributed by atoms with Gasteiger partial charge < -0.3 is 10.5 Å². The molecule has 1 aliphatic rings.